The predicted octanol–water partition coefficient (Wildman–Crippen LogP) is 1.44. The first kappa shape index (κ1) is 11.2. The molecule has 1 aromatic heterocycles. The van der Waals surface area contributed by atoms with Crippen LogP contribution in [0.3, 0.4) is 0 Å². The van der Waals surface area contributed by atoms with Gasteiger partial charge in [-0.2, -0.15) is 0 Å². The molecule has 1 heterocycles. The van der Waals surface area contributed by atoms with Crippen molar-refractivity contribution in [3.63, 3.8) is 0 Å². The van der Waals surface area contributed by atoms with Crippen LogP contribution in [0.25, 0.3) is 0 Å². The van der Waals surface area contributed by atoms with E-state index in [1.807, 2.05) is 0 Å². The first-order valence-corrected chi connectivity index (χ1v) is 5.19. The molecule has 0 unspecified atom stereocenters. The number of aromatic nitrogens is 3. The third-order valence-corrected chi connectivity index (χ3v) is 2.82. The fraction of sp³-hybridized carbons (Fsp3) is 0.800. The zero-order valence-corrected chi connectivity index (χ0v) is 9.54. The summed E-state index contributed by atoms with van der Waals surface area (Å²) in [5.41, 5.74) is 5.68. The zero-order valence-electron chi connectivity index (χ0n) is 9.54. The smallest absolute Gasteiger partial charge is 0.146 e. The summed E-state index contributed by atoms with van der Waals surface area (Å²) in [5.74, 6) is 1.92. The second-order valence-corrected chi connectivity index (χ2v) is 4.13. The number of hydrogen-bond acceptors (Lipinski definition) is 3. The van der Waals surface area contributed by atoms with E-state index in [4.69, 9.17) is 5.73 Å². The molecule has 2 N–H and O–H groups in total. The minimum absolute atomic E-state index is 0.0798. The molecular weight excluding hydrogens is 176 g/mol. The molecule has 0 bridgehead atoms. The Morgan fingerprint density at radius 2 is 1.93 bits per heavy atom. The van der Waals surface area contributed by atoms with Crippen LogP contribution in [0.1, 0.15) is 45.8 Å². The number of nitrogens with two attached hydrogens (primary N) is 1. The van der Waals surface area contributed by atoms with Crippen molar-refractivity contribution in [2.45, 2.75) is 52.6 Å². The van der Waals surface area contributed by atoms with E-state index in [9.17, 15) is 0 Å². The Labute approximate surface area is 85.5 Å². The van der Waals surface area contributed by atoms with Gasteiger partial charge in [-0.05, 0) is 13.3 Å². The minimum Gasteiger partial charge on any atom is -0.324 e. The molecule has 0 saturated heterocycles. The number of hydrogen-bond donors (Lipinski definition) is 1. The summed E-state index contributed by atoms with van der Waals surface area (Å²) in [4.78, 5) is 0. The van der Waals surface area contributed by atoms with Crippen molar-refractivity contribution in [3.05, 3.63) is 11.6 Å². The maximum atomic E-state index is 5.60. The van der Waals surface area contributed by atoms with Crippen molar-refractivity contribution < 1.29 is 0 Å². The number of nitrogens with zero attached hydrogens (tertiary/aromatic N) is 3. The summed E-state index contributed by atoms with van der Waals surface area (Å²) in [6.45, 7) is 9.97. The quantitative estimate of drug-likeness (QED) is 0.792. The second-order valence-electron chi connectivity index (χ2n) is 4.13. The summed E-state index contributed by atoms with van der Waals surface area (Å²) in [7, 11) is 0. The molecule has 0 aromatic carbocycles. The fourth-order valence-corrected chi connectivity index (χ4v) is 1.48. The van der Waals surface area contributed by atoms with Crippen LogP contribution in [-0.2, 0) is 18.5 Å². The first-order chi connectivity index (χ1) is 6.56. The van der Waals surface area contributed by atoms with Crippen LogP contribution >= 0.6 is 0 Å². The van der Waals surface area contributed by atoms with Gasteiger partial charge < -0.3 is 10.3 Å². The van der Waals surface area contributed by atoms with Crippen LogP contribution in [0.2, 0.25) is 0 Å². The van der Waals surface area contributed by atoms with Crippen molar-refractivity contribution in [2.75, 3.05) is 0 Å². The van der Waals surface area contributed by atoms with Gasteiger partial charge in [0.15, 0.2) is 0 Å². The van der Waals surface area contributed by atoms with Crippen LogP contribution in [0.15, 0.2) is 0 Å². The van der Waals surface area contributed by atoms with Crippen LogP contribution < -0.4 is 5.73 Å². The van der Waals surface area contributed by atoms with E-state index in [1.165, 1.54) is 0 Å². The van der Waals surface area contributed by atoms with Gasteiger partial charge in [0.2, 0.25) is 0 Å². The van der Waals surface area contributed by atoms with Gasteiger partial charge in [-0.25, -0.2) is 0 Å². The maximum Gasteiger partial charge on any atom is 0.146 e. The standard InChI is InChI=1S/C10H20N4/c1-5-10(3,4)9-13-12-8(7-11)14(9)6-2/h5-7,11H2,1-4H3. The van der Waals surface area contributed by atoms with Crippen LogP contribution in [0.5, 0.6) is 0 Å². The van der Waals surface area contributed by atoms with Crippen molar-refractivity contribution >= 4 is 0 Å². The summed E-state index contributed by atoms with van der Waals surface area (Å²) < 4.78 is 2.11. The molecule has 0 radical (unpaired) electrons. The zero-order chi connectivity index (χ0) is 10.8. The Morgan fingerprint density at radius 3 is 2.36 bits per heavy atom. The van der Waals surface area contributed by atoms with Gasteiger partial charge in [-0.15, -0.1) is 10.2 Å². The third kappa shape index (κ3) is 1.80. The van der Waals surface area contributed by atoms with E-state index >= 15 is 0 Å². The number of rotatable bonds is 4. The summed E-state index contributed by atoms with van der Waals surface area (Å²) in [5, 5.41) is 8.34. The third-order valence-electron chi connectivity index (χ3n) is 2.82. The maximum absolute atomic E-state index is 5.60. The summed E-state index contributed by atoms with van der Waals surface area (Å²) in [6.07, 6.45) is 1.05. The van der Waals surface area contributed by atoms with Gasteiger partial charge in [-0.3, -0.25) is 0 Å². The Hall–Kier alpha value is -0.900. The van der Waals surface area contributed by atoms with Crippen LogP contribution in [-0.4, -0.2) is 14.8 Å². The summed E-state index contributed by atoms with van der Waals surface area (Å²) >= 11 is 0. The van der Waals surface area contributed by atoms with E-state index in [2.05, 4.69) is 42.5 Å². The lowest BCUT2D eigenvalue weighted by molar-refractivity contribution is 0.443. The minimum atomic E-state index is 0.0798. The molecule has 0 atom stereocenters. The lowest BCUT2D eigenvalue weighted by Gasteiger charge is -2.22. The molecule has 14 heavy (non-hydrogen) atoms. The molecule has 4 heteroatoms. The molecular formula is C10H20N4. The van der Waals surface area contributed by atoms with E-state index in [0.29, 0.717) is 6.54 Å². The molecule has 0 amide bonds. The topological polar surface area (TPSA) is 56.7 Å². The van der Waals surface area contributed by atoms with Gasteiger partial charge in [-0.1, -0.05) is 20.8 Å². The van der Waals surface area contributed by atoms with Crippen molar-refractivity contribution in [1.29, 1.82) is 0 Å². The molecule has 0 saturated carbocycles. The van der Waals surface area contributed by atoms with Crippen molar-refractivity contribution in [1.82, 2.24) is 14.8 Å². The van der Waals surface area contributed by atoms with Crippen molar-refractivity contribution in [3.8, 4) is 0 Å². The fourth-order valence-electron chi connectivity index (χ4n) is 1.48. The molecule has 80 valence electrons. The summed E-state index contributed by atoms with van der Waals surface area (Å²) in [6, 6.07) is 0. The van der Waals surface area contributed by atoms with E-state index in [0.717, 1.165) is 24.6 Å². The first-order valence-electron chi connectivity index (χ1n) is 5.19. The van der Waals surface area contributed by atoms with Gasteiger partial charge in [0.05, 0.1) is 6.54 Å². The van der Waals surface area contributed by atoms with Gasteiger partial charge in [0.1, 0.15) is 11.6 Å². The lowest BCUT2D eigenvalue weighted by Crippen LogP contribution is -2.23. The average Bonchev–Trinajstić information content (AvgIpc) is 2.60. The predicted molar refractivity (Wildman–Crippen MR) is 56.9 cm³/mol. The lowest BCUT2D eigenvalue weighted by atomic mass is 9.89. The Bertz CT molecular complexity index is 301. The monoisotopic (exact) mass is 196 g/mol. The molecule has 1 rings (SSSR count). The van der Waals surface area contributed by atoms with Crippen molar-refractivity contribution in [2.24, 2.45) is 5.73 Å². The highest BCUT2D eigenvalue weighted by Crippen LogP contribution is 2.25. The Kier molecular flexibility index (Phi) is 3.26. The SMILES string of the molecule is CCn1c(CN)nnc1C(C)(C)CC. The largest absolute Gasteiger partial charge is 0.324 e. The van der Waals surface area contributed by atoms with Gasteiger partial charge in [0, 0.05) is 12.0 Å². The van der Waals surface area contributed by atoms with Gasteiger partial charge in [0.25, 0.3) is 0 Å². The van der Waals surface area contributed by atoms with E-state index in [1.54, 1.807) is 0 Å². The van der Waals surface area contributed by atoms with Gasteiger partial charge >= 0.3 is 0 Å². The highest BCUT2D eigenvalue weighted by molar-refractivity contribution is 5.07. The molecule has 0 spiro atoms. The molecule has 0 fully saturated rings. The second kappa shape index (κ2) is 4.09. The molecule has 0 aliphatic rings. The molecule has 0 aliphatic heterocycles. The van der Waals surface area contributed by atoms with E-state index in [-0.39, 0.29) is 5.41 Å². The average molecular weight is 196 g/mol. The molecule has 0 aliphatic carbocycles. The highest BCUT2D eigenvalue weighted by atomic mass is 15.3. The highest BCUT2D eigenvalue weighted by Gasteiger charge is 2.25. The van der Waals surface area contributed by atoms with E-state index < -0.39 is 0 Å². The Morgan fingerprint density at radius 1 is 1.29 bits per heavy atom. The normalized spacial score (nSPS) is 12.1. The molecule has 4 nitrogen and oxygen atoms in total. The van der Waals surface area contributed by atoms with Crippen LogP contribution in [0.4, 0.5) is 0 Å². The van der Waals surface area contributed by atoms with Crippen LogP contribution in [0, 0.1) is 0 Å². The Balaban J connectivity index is 3.15. The molecule has 1 aromatic rings.